The summed E-state index contributed by atoms with van der Waals surface area (Å²) in [5.41, 5.74) is 3.57. The zero-order chi connectivity index (χ0) is 23.7. The third-order valence-corrected chi connectivity index (χ3v) is 9.02. The first-order valence-corrected chi connectivity index (χ1v) is 14.0. The Morgan fingerprint density at radius 3 is 2.53 bits per heavy atom. The quantitative estimate of drug-likeness (QED) is 0.250. The van der Waals surface area contributed by atoms with E-state index in [1.165, 1.54) is 14.0 Å². The number of thiazole rings is 1. The van der Waals surface area contributed by atoms with E-state index in [-0.39, 0.29) is 5.56 Å². The number of aryl methyl sites for hydroxylation is 1. The number of fused-ring (bicyclic) bond motifs is 1. The fourth-order valence-electron chi connectivity index (χ4n) is 4.14. The standard InChI is InChI=1S/C27H25IN3OS2/c1-3-29-16-8-7-9-21(29)17-24-30(4-2)26(32)25(34-24)27-31(18-19-12-14-20(28)15-13-19)22-10-5-6-11-23(22)33-27/h5-17H,3-4,18H2,1-2H3/q+1. The van der Waals surface area contributed by atoms with Crippen LogP contribution in [-0.4, -0.2) is 4.57 Å². The molecule has 0 saturated heterocycles. The number of anilines is 1. The zero-order valence-electron chi connectivity index (χ0n) is 19.1. The van der Waals surface area contributed by atoms with Crippen molar-refractivity contribution in [2.75, 3.05) is 4.90 Å². The SMILES string of the molecule is CCn1c(=Cc2cccc[n+]2CC)sc(=C2Sc3ccccc3N2Cc2ccc(I)cc2)c1=O. The predicted octanol–water partition coefficient (Wildman–Crippen LogP) is 4.55. The summed E-state index contributed by atoms with van der Waals surface area (Å²) in [6.07, 6.45) is 4.22. The van der Waals surface area contributed by atoms with Crippen LogP contribution in [0.2, 0.25) is 0 Å². The second kappa shape index (κ2) is 10.1. The molecule has 7 heteroatoms. The van der Waals surface area contributed by atoms with Crippen LogP contribution in [0.4, 0.5) is 5.69 Å². The molecule has 34 heavy (non-hydrogen) atoms. The maximum Gasteiger partial charge on any atom is 0.271 e. The Morgan fingerprint density at radius 1 is 1.00 bits per heavy atom. The van der Waals surface area contributed by atoms with Crippen molar-refractivity contribution < 1.29 is 4.57 Å². The summed E-state index contributed by atoms with van der Waals surface area (Å²) in [6, 6.07) is 23.2. The van der Waals surface area contributed by atoms with E-state index in [0.29, 0.717) is 6.54 Å². The molecule has 0 amide bonds. The number of benzene rings is 2. The summed E-state index contributed by atoms with van der Waals surface area (Å²) in [6.45, 7) is 6.43. The third kappa shape index (κ3) is 4.48. The Morgan fingerprint density at radius 2 is 1.76 bits per heavy atom. The minimum atomic E-state index is 0.0839. The number of aromatic nitrogens is 2. The lowest BCUT2D eigenvalue weighted by atomic mass is 10.2. The van der Waals surface area contributed by atoms with Crippen LogP contribution >= 0.6 is 45.7 Å². The van der Waals surface area contributed by atoms with Gasteiger partial charge in [0.1, 0.15) is 20.8 Å². The maximum atomic E-state index is 13.6. The van der Waals surface area contributed by atoms with Crippen LogP contribution in [0.25, 0.3) is 11.1 Å². The van der Waals surface area contributed by atoms with Gasteiger partial charge in [-0.05, 0) is 72.3 Å². The maximum absolute atomic E-state index is 13.6. The van der Waals surface area contributed by atoms with Crippen molar-refractivity contribution in [2.45, 2.75) is 38.4 Å². The van der Waals surface area contributed by atoms with Crippen molar-refractivity contribution >= 4 is 62.5 Å². The average Bonchev–Trinajstić information content (AvgIpc) is 3.37. The van der Waals surface area contributed by atoms with Gasteiger partial charge in [0.25, 0.3) is 5.56 Å². The first kappa shape index (κ1) is 23.4. The molecule has 3 heterocycles. The molecule has 0 radical (unpaired) electrons. The van der Waals surface area contributed by atoms with Crippen LogP contribution in [-0.2, 0) is 19.6 Å². The zero-order valence-corrected chi connectivity index (χ0v) is 22.9. The number of para-hydroxylation sites is 1. The second-order valence-electron chi connectivity index (χ2n) is 7.96. The Bertz CT molecular complexity index is 1520. The van der Waals surface area contributed by atoms with Crippen molar-refractivity contribution in [2.24, 2.45) is 0 Å². The largest absolute Gasteiger partial charge is 0.329 e. The molecule has 2 aromatic heterocycles. The highest BCUT2D eigenvalue weighted by atomic mass is 127. The van der Waals surface area contributed by atoms with E-state index in [0.717, 1.165) is 38.7 Å². The van der Waals surface area contributed by atoms with Crippen LogP contribution in [0.5, 0.6) is 0 Å². The number of rotatable bonds is 5. The summed E-state index contributed by atoms with van der Waals surface area (Å²) in [5.74, 6) is 0. The van der Waals surface area contributed by atoms with Crippen LogP contribution in [0, 0.1) is 3.57 Å². The Hall–Kier alpha value is -2.36. The predicted molar refractivity (Wildman–Crippen MR) is 150 cm³/mol. The fraction of sp³-hybridized carbons (Fsp3) is 0.185. The van der Waals surface area contributed by atoms with E-state index in [4.69, 9.17) is 0 Å². The van der Waals surface area contributed by atoms with Gasteiger partial charge in [-0.25, -0.2) is 0 Å². The Labute approximate surface area is 221 Å². The highest BCUT2D eigenvalue weighted by molar-refractivity contribution is 14.1. The van der Waals surface area contributed by atoms with E-state index in [9.17, 15) is 4.79 Å². The number of thioether (sulfide) groups is 1. The molecule has 4 aromatic rings. The number of hydrogen-bond donors (Lipinski definition) is 0. The van der Waals surface area contributed by atoms with Gasteiger partial charge >= 0.3 is 0 Å². The molecule has 0 unspecified atom stereocenters. The molecule has 0 aliphatic carbocycles. The van der Waals surface area contributed by atoms with E-state index in [2.05, 4.69) is 106 Å². The molecule has 1 aliphatic rings. The molecule has 1 aliphatic heterocycles. The molecule has 2 aromatic carbocycles. The molecular formula is C27H25IN3OS2+. The summed E-state index contributed by atoms with van der Waals surface area (Å²) in [7, 11) is 0. The Balaban J connectivity index is 1.70. The first-order chi connectivity index (χ1) is 16.6. The fourth-order valence-corrected chi connectivity index (χ4v) is 6.94. The van der Waals surface area contributed by atoms with Gasteiger partial charge in [0.2, 0.25) is 5.69 Å². The van der Waals surface area contributed by atoms with E-state index in [1.54, 1.807) is 23.1 Å². The highest BCUT2D eigenvalue weighted by Gasteiger charge is 2.27. The highest BCUT2D eigenvalue weighted by Crippen LogP contribution is 2.46. The normalized spacial score (nSPS) is 15.1. The summed E-state index contributed by atoms with van der Waals surface area (Å²) in [4.78, 5) is 17.1. The summed E-state index contributed by atoms with van der Waals surface area (Å²) >= 11 is 5.62. The van der Waals surface area contributed by atoms with Gasteiger partial charge in [-0.1, -0.05) is 36.0 Å². The first-order valence-electron chi connectivity index (χ1n) is 11.3. The monoisotopic (exact) mass is 598 g/mol. The van der Waals surface area contributed by atoms with Crippen LogP contribution in [0.1, 0.15) is 25.1 Å². The lowest BCUT2D eigenvalue weighted by molar-refractivity contribution is -0.695. The molecule has 5 rings (SSSR count). The lowest BCUT2D eigenvalue weighted by Gasteiger charge is -2.20. The average molecular weight is 599 g/mol. The van der Waals surface area contributed by atoms with Crippen molar-refractivity contribution in [3.05, 3.63) is 107 Å². The van der Waals surface area contributed by atoms with Gasteiger partial charge in [-0.15, -0.1) is 11.3 Å². The van der Waals surface area contributed by atoms with Gasteiger partial charge in [-0.2, -0.15) is 4.57 Å². The van der Waals surface area contributed by atoms with Gasteiger partial charge in [0, 0.05) is 39.8 Å². The van der Waals surface area contributed by atoms with Crippen molar-refractivity contribution in [1.82, 2.24) is 4.57 Å². The van der Waals surface area contributed by atoms with Gasteiger partial charge in [-0.3, -0.25) is 9.36 Å². The Kier molecular flexibility index (Phi) is 6.94. The van der Waals surface area contributed by atoms with Crippen molar-refractivity contribution in [3.63, 3.8) is 0 Å². The molecule has 0 atom stereocenters. The van der Waals surface area contributed by atoms with E-state index >= 15 is 0 Å². The van der Waals surface area contributed by atoms with Gasteiger partial charge < -0.3 is 4.90 Å². The molecule has 0 fully saturated rings. The van der Waals surface area contributed by atoms with Crippen LogP contribution in [0.15, 0.2) is 82.6 Å². The number of hydrogen-bond acceptors (Lipinski definition) is 4. The van der Waals surface area contributed by atoms with Crippen LogP contribution < -0.4 is 24.2 Å². The molecule has 0 spiro atoms. The third-order valence-electron chi connectivity index (χ3n) is 5.87. The topological polar surface area (TPSA) is 29.1 Å². The second-order valence-corrected chi connectivity index (χ2v) is 11.3. The van der Waals surface area contributed by atoms with E-state index < -0.39 is 0 Å². The smallest absolute Gasteiger partial charge is 0.271 e. The van der Waals surface area contributed by atoms with E-state index in [1.807, 2.05) is 23.6 Å². The van der Waals surface area contributed by atoms with Crippen molar-refractivity contribution in [1.29, 1.82) is 0 Å². The van der Waals surface area contributed by atoms with Gasteiger partial charge in [0.15, 0.2) is 6.20 Å². The molecule has 0 bridgehead atoms. The van der Waals surface area contributed by atoms with Crippen LogP contribution in [0.3, 0.4) is 0 Å². The number of pyridine rings is 1. The minimum Gasteiger partial charge on any atom is -0.329 e. The molecular weight excluding hydrogens is 573 g/mol. The molecule has 0 saturated carbocycles. The summed E-state index contributed by atoms with van der Waals surface area (Å²) < 4.78 is 7.09. The molecule has 172 valence electrons. The minimum absolute atomic E-state index is 0.0839. The number of halogens is 1. The number of nitrogens with zero attached hydrogens (tertiary/aromatic N) is 3. The molecule has 4 nitrogen and oxygen atoms in total. The lowest BCUT2D eigenvalue weighted by Crippen LogP contribution is -2.37. The van der Waals surface area contributed by atoms with Crippen molar-refractivity contribution in [3.8, 4) is 0 Å². The van der Waals surface area contributed by atoms with Gasteiger partial charge in [0.05, 0.1) is 5.69 Å². The summed E-state index contributed by atoms with van der Waals surface area (Å²) in [5, 5.41) is 1.02. The molecule has 0 N–H and O–H groups in total.